The predicted molar refractivity (Wildman–Crippen MR) is 56.5 cm³/mol. The van der Waals surface area contributed by atoms with Crippen LogP contribution in [0, 0.1) is 0 Å². The maximum Gasteiger partial charge on any atom is 0.311 e. The lowest BCUT2D eigenvalue weighted by Gasteiger charge is -2.11. The second kappa shape index (κ2) is 5.77. The highest BCUT2D eigenvalue weighted by Crippen LogP contribution is 2.36. The van der Waals surface area contributed by atoms with Crippen LogP contribution in [0.4, 0.5) is 8.78 Å². The molecule has 4 nitrogen and oxygen atoms in total. The number of halogens is 3. The van der Waals surface area contributed by atoms with Gasteiger partial charge in [0.1, 0.15) is 10.8 Å². The molecule has 0 aliphatic heterocycles. The average Bonchev–Trinajstić information content (AvgIpc) is 2.30. The van der Waals surface area contributed by atoms with Gasteiger partial charge in [0.2, 0.25) is 0 Å². The molecule has 0 spiro atoms. The number of aromatic nitrogens is 1. The van der Waals surface area contributed by atoms with Gasteiger partial charge in [-0.3, -0.25) is 9.78 Å². The van der Waals surface area contributed by atoms with Gasteiger partial charge in [-0.15, -0.1) is 0 Å². The monoisotopic (exact) mass is 265 g/mol. The number of alkyl halides is 2. The van der Waals surface area contributed by atoms with E-state index in [2.05, 4.69) is 9.72 Å². The summed E-state index contributed by atoms with van der Waals surface area (Å²) in [6.45, 7) is 0. The number of hydrogen-bond acceptors (Lipinski definition) is 4. The van der Waals surface area contributed by atoms with Crippen molar-refractivity contribution in [2.24, 2.45) is 0 Å². The van der Waals surface area contributed by atoms with Gasteiger partial charge in [-0.25, -0.2) is 8.78 Å². The molecule has 0 atom stereocenters. The van der Waals surface area contributed by atoms with E-state index in [4.69, 9.17) is 16.3 Å². The Morgan fingerprint density at radius 2 is 2.18 bits per heavy atom. The lowest BCUT2D eigenvalue weighted by atomic mass is 10.2. The lowest BCUT2D eigenvalue weighted by molar-refractivity contribution is -0.139. The van der Waals surface area contributed by atoms with Gasteiger partial charge in [0.05, 0.1) is 31.9 Å². The third-order valence-corrected chi connectivity index (χ3v) is 2.44. The third-order valence-electron chi connectivity index (χ3n) is 2.05. The third kappa shape index (κ3) is 3.03. The van der Waals surface area contributed by atoms with Crippen molar-refractivity contribution in [1.29, 1.82) is 0 Å². The van der Waals surface area contributed by atoms with Crippen LogP contribution in [0.3, 0.4) is 0 Å². The van der Waals surface area contributed by atoms with E-state index in [0.29, 0.717) is 0 Å². The Morgan fingerprint density at radius 1 is 1.53 bits per heavy atom. The number of pyridine rings is 1. The largest absolute Gasteiger partial charge is 0.495 e. The highest BCUT2D eigenvalue weighted by molar-refractivity contribution is 6.33. The van der Waals surface area contributed by atoms with Crippen LogP contribution in [-0.2, 0) is 16.0 Å². The van der Waals surface area contributed by atoms with Crippen molar-refractivity contribution in [3.05, 3.63) is 22.5 Å². The Hall–Kier alpha value is -1.43. The molecule has 0 saturated carbocycles. The molecule has 1 aromatic heterocycles. The van der Waals surface area contributed by atoms with E-state index in [1.54, 1.807) is 0 Å². The van der Waals surface area contributed by atoms with Crippen LogP contribution >= 0.6 is 11.6 Å². The highest BCUT2D eigenvalue weighted by atomic mass is 35.5. The quantitative estimate of drug-likeness (QED) is 0.785. The van der Waals surface area contributed by atoms with Crippen LogP contribution in [0.25, 0.3) is 0 Å². The van der Waals surface area contributed by atoms with E-state index in [1.807, 2.05) is 0 Å². The molecule has 1 rings (SSSR count). The zero-order valence-electron chi connectivity index (χ0n) is 9.17. The summed E-state index contributed by atoms with van der Waals surface area (Å²) in [5, 5.41) is -0.101. The summed E-state index contributed by atoms with van der Waals surface area (Å²) < 4.78 is 34.4. The minimum atomic E-state index is -2.75. The molecule has 0 fully saturated rings. The molecule has 94 valence electrons. The standard InChI is InChI=1S/C10H10ClF2NO3/c1-16-7(15)3-6-8(11)9(17-2)5(4-14-6)10(12)13/h4,10H,3H2,1-2H3. The first-order valence-corrected chi connectivity index (χ1v) is 4.95. The fourth-order valence-corrected chi connectivity index (χ4v) is 1.52. The Kier molecular flexibility index (Phi) is 4.62. The number of rotatable bonds is 4. The van der Waals surface area contributed by atoms with Gasteiger partial charge in [0, 0.05) is 6.20 Å². The van der Waals surface area contributed by atoms with Crippen LogP contribution in [-0.4, -0.2) is 25.2 Å². The number of methoxy groups -OCH3 is 2. The number of hydrogen-bond donors (Lipinski definition) is 0. The average molecular weight is 266 g/mol. The van der Waals surface area contributed by atoms with E-state index in [0.717, 1.165) is 6.20 Å². The second-order valence-electron chi connectivity index (χ2n) is 3.06. The Labute approximate surface area is 101 Å². The number of esters is 1. The molecule has 0 amide bonds. The maximum absolute atomic E-state index is 12.6. The van der Waals surface area contributed by atoms with Crippen molar-refractivity contribution in [1.82, 2.24) is 4.98 Å². The SMILES string of the molecule is COC(=O)Cc1ncc(C(F)F)c(OC)c1Cl. The van der Waals surface area contributed by atoms with E-state index in [1.165, 1.54) is 14.2 Å². The number of carbonyl (C=O) groups excluding carboxylic acids is 1. The zero-order valence-corrected chi connectivity index (χ0v) is 9.92. The van der Waals surface area contributed by atoms with Crippen molar-refractivity contribution < 1.29 is 23.0 Å². The summed E-state index contributed by atoms with van der Waals surface area (Å²) in [6, 6.07) is 0. The summed E-state index contributed by atoms with van der Waals surface area (Å²) in [6.07, 6.45) is -2.01. The summed E-state index contributed by atoms with van der Waals surface area (Å²) in [5.74, 6) is -0.734. The van der Waals surface area contributed by atoms with E-state index in [9.17, 15) is 13.6 Å². The molecule has 7 heteroatoms. The Bertz CT molecular complexity index is 426. The minimum absolute atomic E-state index is 0.101. The highest BCUT2D eigenvalue weighted by Gasteiger charge is 2.21. The van der Waals surface area contributed by atoms with Gasteiger partial charge >= 0.3 is 5.97 Å². The van der Waals surface area contributed by atoms with Crippen LogP contribution in [0.5, 0.6) is 5.75 Å². The lowest BCUT2D eigenvalue weighted by Crippen LogP contribution is -2.08. The topological polar surface area (TPSA) is 48.4 Å². The molecule has 0 saturated heterocycles. The molecular weight excluding hydrogens is 256 g/mol. The van der Waals surface area contributed by atoms with Crippen molar-refractivity contribution in [2.75, 3.05) is 14.2 Å². The number of carbonyl (C=O) groups is 1. The summed E-state index contributed by atoms with van der Waals surface area (Å²) >= 11 is 5.83. The minimum Gasteiger partial charge on any atom is -0.495 e. The fraction of sp³-hybridized carbons (Fsp3) is 0.400. The molecule has 0 aromatic carbocycles. The summed E-state index contributed by atoms with van der Waals surface area (Å²) in [7, 11) is 2.43. The molecule has 0 bridgehead atoms. The number of nitrogens with zero attached hydrogens (tertiary/aromatic N) is 1. The van der Waals surface area contributed by atoms with Gasteiger partial charge < -0.3 is 9.47 Å². The normalized spacial score (nSPS) is 10.5. The van der Waals surface area contributed by atoms with Gasteiger partial charge in [0.15, 0.2) is 0 Å². The molecule has 1 heterocycles. The first-order chi connectivity index (χ1) is 8.01. The number of ether oxygens (including phenoxy) is 2. The first kappa shape index (κ1) is 13.6. The molecule has 0 N–H and O–H groups in total. The molecule has 17 heavy (non-hydrogen) atoms. The molecular formula is C10H10ClF2NO3. The zero-order chi connectivity index (χ0) is 13.0. The molecule has 0 aliphatic rings. The Balaban J connectivity index is 3.15. The summed E-state index contributed by atoms with van der Waals surface area (Å²) in [5.41, 5.74) is -0.272. The van der Waals surface area contributed by atoms with E-state index >= 15 is 0 Å². The fourth-order valence-electron chi connectivity index (χ4n) is 1.22. The van der Waals surface area contributed by atoms with Crippen molar-refractivity contribution in [3.63, 3.8) is 0 Å². The second-order valence-corrected chi connectivity index (χ2v) is 3.44. The van der Waals surface area contributed by atoms with Crippen molar-refractivity contribution >= 4 is 17.6 Å². The first-order valence-electron chi connectivity index (χ1n) is 4.57. The predicted octanol–water partition coefficient (Wildman–Crippen LogP) is 2.40. The van der Waals surface area contributed by atoms with Crippen LogP contribution in [0.2, 0.25) is 5.02 Å². The van der Waals surface area contributed by atoms with Gasteiger partial charge in [-0.2, -0.15) is 0 Å². The van der Waals surface area contributed by atoms with E-state index < -0.39 is 18.0 Å². The van der Waals surface area contributed by atoms with Gasteiger partial charge in [-0.1, -0.05) is 11.6 Å². The Morgan fingerprint density at radius 3 is 2.65 bits per heavy atom. The molecule has 0 unspecified atom stereocenters. The maximum atomic E-state index is 12.6. The van der Waals surface area contributed by atoms with Crippen LogP contribution in [0.1, 0.15) is 17.7 Å². The molecule has 1 aromatic rings. The smallest absolute Gasteiger partial charge is 0.311 e. The molecule has 0 radical (unpaired) electrons. The van der Waals surface area contributed by atoms with Crippen molar-refractivity contribution in [3.8, 4) is 5.75 Å². The molecule has 0 aliphatic carbocycles. The van der Waals surface area contributed by atoms with Crippen LogP contribution in [0.15, 0.2) is 6.20 Å². The van der Waals surface area contributed by atoms with Crippen LogP contribution < -0.4 is 4.74 Å². The van der Waals surface area contributed by atoms with Gasteiger partial charge in [-0.05, 0) is 0 Å². The van der Waals surface area contributed by atoms with Crippen molar-refractivity contribution in [2.45, 2.75) is 12.8 Å². The van der Waals surface area contributed by atoms with Gasteiger partial charge in [0.25, 0.3) is 6.43 Å². The van der Waals surface area contributed by atoms with E-state index in [-0.39, 0.29) is 22.9 Å². The summed E-state index contributed by atoms with van der Waals surface area (Å²) in [4.78, 5) is 14.7.